The molecule has 0 fully saturated rings. The lowest BCUT2D eigenvalue weighted by Crippen LogP contribution is -2.23. The molecule has 3 nitrogen and oxygen atoms in total. The Morgan fingerprint density at radius 3 is 2.00 bits per heavy atom. The largest absolute Gasteiger partial charge is 0.392 e. The van der Waals surface area contributed by atoms with Crippen LogP contribution in [0.15, 0.2) is 12.2 Å². The zero-order chi connectivity index (χ0) is 10.9. The highest BCUT2D eigenvalue weighted by atomic mass is 16.3. The molecular weight excluding hydrogens is 164 g/mol. The molecule has 0 spiro atoms. The van der Waals surface area contributed by atoms with Gasteiger partial charge in [0, 0.05) is 12.3 Å². The van der Waals surface area contributed by atoms with E-state index in [1.807, 2.05) is 13.8 Å². The molecule has 3 N–H and O–H groups in total. The standard InChI is InChI=1S/C5H13NO.C5H9N/c1-3-6-4-5(2)7;1-4(2)5(3)6/h5-7H,3-4H2,1-2H3;6H,1H2,2-3H3. The van der Waals surface area contributed by atoms with Gasteiger partial charge < -0.3 is 15.8 Å². The van der Waals surface area contributed by atoms with Crippen molar-refractivity contribution in [3.05, 3.63) is 12.2 Å². The quantitative estimate of drug-likeness (QED) is 0.584. The number of rotatable bonds is 4. The van der Waals surface area contributed by atoms with Gasteiger partial charge in [0.1, 0.15) is 0 Å². The second kappa shape index (κ2) is 9.42. The van der Waals surface area contributed by atoms with Crippen LogP contribution in [-0.2, 0) is 0 Å². The van der Waals surface area contributed by atoms with E-state index in [-0.39, 0.29) is 6.10 Å². The van der Waals surface area contributed by atoms with Gasteiger partial charge in [0.15, 0.2) is 0 Å². The smallest absolute Gasteiger partial charge is 0.0636 e. The summed E-state index contributed by atoms with van der Waals surface area (Å²) in [7, 11) is 0. The number of aliphatic hydroxyl groups is 1. The van der Waals surface area contributed by atoms with Crippen LogP contribution in [0, 0.1) is 5.41 Å². The van der Waals surface area contributed by atoms with Gasteiger partial charge >= 0.3 is 0 Å². The molecule has 1 unspecified atom stereocenters. The maximum atomic E-state index is 8.62. The summed E-state index contributed by atoms with van der Waals surface area (Å²) in [6.07, 6.45) is -0.208. The van der Waals surface area contributed by atoms with E-state index in [9.17, 15) is 0 Å². The second-order valence-corrected chi connectivity index (χ2v) is 3.06. The van der Waals surface area contributed by atoms with E-state index >= 15 is 0 Å². The number of hydrogen-bond donors (Lipinski definition) is 3. The third-order valence-electron chi connectivity index (χ3n) is 1.33. The van der Waals surface area contributed by atoms with Gasteiger partial charge in [0.25, 0.3) is 0 Å². The average Bonchev–Trinajstić information content (AvgIpc) is 2.01. The summed E-state index contributed by atoms with van der Waals surface area (Å²) in [5, 5.41) is 18.5. The monoisotopic (exact) mass is 186 g/mol. The van der Waals surface area contributed by atoms with Crippen molar-refractivity contribution in [3.63, 3.8) is 0 Å². The van der Waals surface area contributed by atoms with Gasteiger partial charge in [-0.15, -0.1) is 0 Å². The molecule has 0 aromatic rings. The summed E-state index contributed by atoms with van der Waals surface area (Å²) >= 11 is 0. The number of hydrogen-bond acceptors (Lipinski definition) is 3. The lowest BCUT2D eigenvalue weighted by molar-refractivity contribution is 0.192. The molecule has 0 aromatic heterocycles. The number of nitrogens with one attached hydrogen (secondary N) is 2. The van der Waals surface area contributed by atoms with Gasteiger partial charge in [-0.25, -0.2) is 0 Å². The second-order valence-electron chi connectivity index (χ2n) is 3.06. The maximum absolute atomic E-state index is 8.62. The van der Waals surface area contributed by atoms with Crippen LogP contribution < -0.4 is 5.32 Å². The Morgan fingerprint density at radius 2 is 1.92 bits per heavy atom. The zero-order valence-electron chi connectivity index (χ0n) is 9.15. The predicted octanol–water partition coefficient (Wildman–Crippen LogP) is 1.58. The molecule has 0 saturated carbocycles. The first kappa shape index (κ1) is 14.8. The molecule has 13 heavy (non-hydrogen) atoms. The van der Waals surface area contributed by atoms with Gasteiger partial charge in [-0.2, -0.15) is 0 Å². The van der Waals surface area contributed by atoms with Crippen molar-refractivity contribution in [2.24, 2.45) is 0 Å². The third-order valence-corrected chi connectivity index (χ3v) is 1.33. The maximum Gasteiger partial charge on any atom is 0.0636 e. The number of allylic oxidation sites excluding steroid dienone is 1. The van der Waals surface area contributed by atoms with Crippen LogP contribution >= 0.6 is 0 Å². The Bertz CT molecular complexity index is 141. The Labute approximate surface area is 81.4 Å². The number of aliphatic hydroxyl groups excluding tert-OH is 1. The fraction of sp³-hybridized carbons (Fsp3) is 0.700. The average molecular weight is 186 g/mol. The van der Waals surface area contributed by atoms with E-state index in [0.29, 0.717) is 12.3 Å². The van der Waals surface area contributed by atoms with Gasteiger partial charge in [-0.1, -0.05) is 13.5 Å². The van der Waals surface area contributed by atoms with E-state index in [4.69, 9.17) is 10.5 Å². The Kier molecular flexibility index (Phi) is 10.7. The minimum Gasteiger partial charge on any atom is -0.392 e. The lowest BCUT2D eigenvalue weighted by Gasteiger charge is -2.01. The molecule has 0 radical (unpaired) electrons. The molecule has 0 aliphatic carbocycles. The molecule has 0 bridgehead atoms. The van der Waals surface area contributed by atoms with Crippen LogP contribution in [-0.4, -0.2) is 30.0 Å². The summed E-state index contributed by atoms with van der Waals surface area (Å²) in [6, 6.07) is 0. The summed E-state index contributed by atoms with van der Waals surface area (Å²) in [6.45, 7) is 12.5. The molecule has 0 aliphatic rings. The van der Waals surface area contributed by atoms with Crippen LogP contribution in [0.5, 0.6) is 0 Å². The molecule has 0 aromatic carbocycles. The minimum absolute atomic E-state index is 0.208. The van der Waals surface area contributed by atoms with E-state index in [2.05, 4.69) is 11.9 Å². The molecule has 0 heterocycles. The van der Waals surface area contributed by atoms with E-state index in [1.165, 1.54) is 0 Å². The zero-order valence-corrected chi connectivity index (χ0v) is 9.15. The molecule has 0 amide bonds. The normalized spacial score (nSPS) is 11.2. The van der Waals surface area contributed by atoms with Crippen LogP contribution in [0.2, 0.25) is 0 Å². The van der Waals surface area contributed by atoms with E-state index < -0.39 is 0 Å². The van der Waals surface area contributed by atoms with Gasteiger partial charge in [0.05, 0.1) is 6.10 Å². The van der Waals surface area contributed by atoms with Crippen molar-refractivity contribution in [3.8, 4) is 0 Å². The molecule has 1 atom stereocenters. The first-order valence-electron chi connectivity index (χ1n) is 4.51. The molecular formula is C10H22N2O. The summed E-state index contributed by atoms with van der Waals surface area (Å²) < 4.78 is 0. The highest BCUT2D eigenvalue weighted by Crippen LogP contribution is 1.84. The van der Waals surface area contributed by atoms with Crippen LogP contribution in [0.25, 0.3) is 0 Å². The van der Waals surface area contributed by atoms with Crippen molar-refractivity contribution in [1.82, 2.24) is 5.32 Å². The van der Waals surface area contributed by atoms with Crippen LogP contribution in [0.4, 0.5) is 0 Å². The topological polar surface area (TPSA) is 56.1 Å². The van der Waals surface area contributed by atoms with Crippen molar-refractivity contribution in [2.45, 2.75) is 33.8 Å². The SMILES string of the molecule is C=C(C)C(C)=N.CCNCC(C)O. The van der Waals surface area contributed by atoms with Crippen LogP contribution in [0.3, 0.4) is 0 Å². The molecule has 0 saturated heterocycles. The van der Waals surface area contributed by atoms with Crippen molar-refractivity contribution in [2.75, 3.05) is 13.1 Å². The third kappa shape index (κ3) is 18.4. The Balaban J connectivity index is 0. The number of likely N-dealkylation sites (N-methyl/N-ethyl adjacent to an activating group) is 1. The Morgan fingerprint density at radius 1 is 1.54 bits per heavy atom. The highest BCUT2D eigenvalue weighted by Gasteiger charge is 1.88. The first-order valence-corrected chi connectivity index (χ1v) is 4.51. The summed E-state index contributed by atoms with van der Waals surface area (Å²) in [5.74, 6) is 0. The van der Waals surface area contributed by atoms with Gasteiger partial charge in [-0.3, -0.25) is 0 Å². The summed E-state index contributed by atoms with van der Waals surface area (Å²) in [5.41, 5.74) is 1.41. The van der Waals surface area contributed by atoms with E-state index in [1.54, 1.807) is 13.8 Å². The van der Waals surface area contributed by atoms with Crippen molar-refractivity contribution >= 4 is 5.71 Å². The van der Waals surface area contributed by atoms with Crippen molar-refractivity contribution in [1.29, 1.82) is 5.41 Å². The molecule has 78 valence electrons. The van der Waals surface area contributed by atoms with Crippen molar-refractivity contribution < 1.29 is 5.11 Å². The van der Waals surface area contributed by atoms with E-state index in [0.717, 1.165) is 12.1 Å². The summed E-state index contributed by atoms with van der Waals surface area (Å²) in [4.78, 5) is 0. The highest BCUT2D eigenvalue weighted by molar-refractivity contribution is 5.94. The molecule has 0 aliphatic heterocycles. The molecule has 3 heteroatoms. The van der Waals surface area contributed by atoms with Gasteiger partial charge in [0.2, 0.25) is 0 Å². The van der Waals surface area contributed by atoms with Gasteiger partial charge in [-0.05, 0) is 32.9 Å². The minimum atomic E-state index is -0.208. The molecule has 0 rings (SSSR count). The fourth-order valence-corrected chi connectivity index (χ4v) is 0.353. The first-order chi connectivity index (χ1) is 5.91. The van der Waals surface area contributed by atoms with Crippen LogP contribution in [0.1, 0.15) is 27.7 Å². The predicted molar refractivity (Wildman–Crippen MR) is 58.4 cm³/mol. The lowest BCUT2D eigenvalue weighted by atomic mass is 10.2. The fourth-order valence-electron chi connectivity index (χ4n) is 0.353. The Hall–Kier alpha value is -0.670.